The molecule has 1 aliphatic rings. The summed E-state index contributed by atoms with van der Waals surface area (Å²) in [6, 6.07) is 32.3. The van der Waals surface area contributed by atoms with Gasteiger partial charge in [0.2, 0.25) is 0 Å². The van der Waals surface area contributed by atoms with Gasteiger partial charge in [0.25, 0.3) is 0 Å². The Morgan fingerprint density at radius 2 is 1.62 bits per heavy atom. The first-order valence-corrected chi connectivity index (χ1v) is 11.3. The molecular weight excluding hydrogens is 392 g/mol. The summed E-state index contributed by atoms with van der Waals surface area (Å²) in [6.45, 7) is 3.41. The molecule has 0 atom stereocenters. The predicted octanol–water partition coefficient (Wildman–Crippen LogP) is 6.07. The summed E-state index contributed by atoms with van der Waals surface area (Å²) in [7, 11) is 0. The van der Waals surface area contributed by atoms with Crippen molar-refractivity contribution in [1.82, 2.24) is 9.88 Å². The van der Waals surface area contributed by atoms with E-state index in [0.717, 1.165) is 31.8 Å². The number of nitrogens with one attached hydrogen (secondary N) is 1. The first-order chi connectivity index (χ1) is 15.8. The SMILES string of the molecule is c1ccc(COc2ccc3c(c2)c2c(n3Cc3ccc4ccccc4c3)CNCC2)cc1. The first kappa shape index (κ1) is 19.1. The summed E-state index contributed by atoms with van der Waals surface area (Å²) in [5.74, 6) is 0.936. The first-order valence-electron chi connectivity index (χ1n) is 11.3. The van der Waals surface area contributed by atoms with Crippen LogP contribution in [0.4, 0.5) is 0 Å². The fourth-order valence-electron chi connectivity index (χ4n) is 4.89. The molecule has 158 valence electrons. The van der Waals surface area contributed by atoms with Crippen molar-refractivity contribution in [3.05, 3.63) is 113 Å². The van der Waals surface area contributed by atoms with Crippen LogP contribution < -0.4 is 10.1 Å². The Kier molecular flexibility index (Phi) is 4.89. The van der Waals surface area contributed by atoms with Crippen LogP contribution in [0.1, 0.15) is 22.4 Å². The van der Waals surface area contributed by atoms with Gasteiger partial charge in [0.1, 0.15) is 12.4 Å². The van der Waals surface area contributed by atoms with E-state index >= 15 is 0 Å². The van der Waals surface area contributed by atoms with Crippen molar-refractivity contribution < 1.29 is 4.74 Å². The van der Waals surface area contributed by atoms with E-state index in [1.54, 1.807) is 0 Å². The van der Waals surface area contributed by atoms with Crippen LogP contribution in [0.15, 0.2) is 91.0 Å². The highest BCUT2D eigenvalue weighted by Gasteiger charge is 2.20. The van der Waals surface area contributed by atoms with Gasteiger partial charge in [-0.3, -0.25) is 0 Å². The molecule has 1 N–H and O–H groups in total. The zero-order valence-electron chi connectivity index (χ0n) is 18.1. The normalized spacial score (nSPS) is 13.4. The Hall–Kier alpha value is -3.56. The Morgan fingerprint density at radius 1 is 0.781 bits per heavy atom. The van der Waals surface area contributed by atoms with E-state index in [9.17, 15) is 0 Å². The molecule has 5 aromatic rings. The lowest BCUT2D eigenvalue weighted by molar-refractivity contribution is 0.306. The van der Waals surface area contributed by atoms with Crippen LogP contribution in [0, 0.1) is 0 Å². The van der Waals surface area contributed by atoms with Crippen molar-refractivity contribution >= 4 is 21.7 Å². The maximum absolute atomic E-state index is 6.14. The smallest absolute Gasteiger partial charge is 0.120 e. The maximum Gasteiger partial charge on any atom is 0.120 e. The van der Waals surface area contributed by atoms with Gasteiger partial charge in [0.15, 0.2) is 0 Å². The van der Waals surface area contributed by atoms with E-state index in [2.05, 4.69) is 94.8 Å². The summed E-state index contributed by atoms with van der Waals surface area (Å²) in [4.78, 5) is 0. The van der Waals surface area contributed by atoms with Crippen LogP contribution in [0.25, 0.3) is 21.7 Å². The van der Waals surface area contributed by atoms with E-state index < -0.39 is 0 Å². The molecule has 3 heteroatoms. The van der Waals surface area contributed by atoms with Crippen molar-refractivity contribution in [2.24, 2.45) is 0 Å². The van der Waals surface area contributed by atoms with Crippen molar-refractivity contribution in [3.8, 4) is 5.75 Å². The van der Waals surface area contributed by atoms with Crippen LogP contribution in [-0.2, 0) is 26.1 Å². The number of fused-ring (bicyclic) bond motifs is 4. The van der Waals surface area contributed by atoms with Gasteiger partial charge in [0.05, 0.1) is 0 Å². The Morgan fingerprint density at radius 3 is 2.53 bits per heavy atom. The summed E-state index contributed by atoms with van der Waals surface area (Å²) >= 11 is 0. The highest BCUT2D eigenvalue weighted by Crippen LogP contribution is 2.33. The Bertz CT molecular complexity index is 1400. The van der Waals surface area contributed by atoms with Gasteiger partial charge in [-0.2, -0.15) is 0 Å². The lowest BCUT2D eigenvalue weighted by Gasteiger charge is -2.17. The van der Waals surface area contributed by atoms with Gasteiger partial charge in [0, 0.05) is 29.7 Å². The molecule has 0 amide bonds. The molecule has 0 aliphatic carbocycles. The monoisotopic (exact) mass is 418 g/mol. The third-order valence-electron chi connectivity index (χ3n) is 6.51. The molecule has 0 fully saturated rings. The van der Waals surface area contributed by atoms with Crippen LogP contribution in [0.3, 0.4) is 0 Å². The summed E-state index contributed by atoms with van der Waals surface area (Å²) in [5.41, 5.74) is 6.68. The fourth-order valence-corrected chi connectivity index (χ4v) is 4.89. The fraction of sp³-hybridized carbons (Fsp3) is 0.172. The lowest BCUT2D eigenvalue weighted by Crippen LogP contribution is -2.25. The average molecular weight is 419 g/mol. The van der Waals surface area contributed by atoms with E-state index in [1.165, 1.54) is 44.1 Å². The average Bonchev–Trinajstić information content (AvgIpc) is 3.16. The van der Waals surface area contributed by atoms with Crippen LogP contribution in [-0.4, -0.2) is 11.1 Å². The second kappa shape index (κ2) is 8.18. The maximum atomic E-state index is 6.14. The van der Waals surface area contributed by atoms with E-state index in [1.807, 2.05) is 6.07 Å². The largest absolute Gasteiger partial charge is 0.489 e. The third kappa shape index (κ3) is 3.55. The molecular formula is C29H26N2O. The molecule has 0 unspecified atom stereocenters. The zero-order valence-corrected chi connectivity index (χ0v) is 18.1. The van der Waals surface area contributed by atoms with Gasteiger partial charge < -0.3 is 14.6 Å². The van der Waals surface area contributed by atoms with Gasteiger partial charge in [-0.25, -0.2) is 0 Å². The second-order valence-electron chi connectivity index (χ2n) is 8.57. The topological polar surface area (TPSA) is 26.2 Å². The Labute approximate surface area is 188 Å². The van der Waals surface area contributed by atoms with Crippen molar-refractivity contribution in [2.45, 2.75) is 26.1 Å². The standard InChI is InChI=1S/C29H26N2O/c1-2-6-21(7-3-1)20-32-25-12-13-28-27(17-25)26-14-15-30-18-29(26)31(28)19-22-10-11-23-8-4-5-9-24(23)16-22/h1-13,16-17,30H,14-15,18-20H2. The Balaban J connectivity index is 1.36. The molecule has 0 saturated heterocycles. The van der Waals surface area contributed by atoms with E-state index in [4.69, 9.17) is 4.74 Å². The molecule has 2 heterocycles. The zero-order chi connectivity index (χ0) is 21.3. The van der Waals surface area contributed by atoms with Gasteiger partial charge >= 0.3 is 0 Å². The minimum absolute atomic E-state index is 0.591. The number of benzene rings is 4. The minimum atomic E-state index is 0.591. The summed E-state index contributed by atoms with van der Waals surface area (Å²) < 4.78 is 8.63. The van der Waals surface area contributed by atoms with Crippen LogP contribution >= 0.6 is 0 Å². The number of hydrogen-bond acceptors (Lipinski definition) is 2. The number of rotatable bonds is 5. The number of aromatic nitrogens is 1. The molecule has 0 radical (unpaired) electrons. The third-order valence-corrected chi connectivity index (χ3v) is 6.51. The van der Waals surface area contributed by atoms with Gasteiger partial charge in [-0.1, -0.05) is 66.7 Å². The molecule has 0 spiro atoms. The summed E-state index contributed by atoms with van der Waals surface area (Å²) in [5, 5.41) is 7.48. The van der Waals surface area contributed by atoms with E-state index in [0.29, 0.717) is 6.61 Å². The highest BCUT2D eigenvalue weighted by molar-refractivity contribution is 5.88. The molecule has 4 aromatic carbocycles. The van der Waals surface area contributed by atoms with E-state index in [-0.39, 0.29) is 0 Å². The summed E-state index contributed by atoms with van der Waals surface area (Å²) in [6.07, 6.45) is 1.05. The van der Waals surface area contributed by atoms with Crippen LogP contribution in [0.5, 0.6) is 5.75 Å². The van der Waals surface area contributed by atoms with Gasteiger partial charge in [-0.05, 0) is 64.7 Å². The molecule has 1 aliphatic heterocycles. The molecule has 3 nitrogen and oxygen atoms in total. The molecule has 0 saturated carbocycles. The quantitative estimate of drug-likeness (QED) is 0.375. The number of ether oxygens (including phenoxy) is 1. The molecule has 32 heavy (non-hydrogen) atoms. The van der Waals surface area contributed by atoms with Crippen molar-refractivity contribution in [3.63, 3.8) is 0 Å². The van der Waals surface area contributed by atoms with Crippen molar-refractivity contribution in [2.75, 3.05) is 6.54 Å². The lowest BCUT2D eigenvalue weighted by atomic mass is 10.0. The predicted molar refractivity (Wildman–Crippen MR) is 131 cm³/mol. The second-order valence-corrected chi connectivity index (χ2v) is 8.57. The molecule has 1 aromatic heterocycles. The number of hydrogen-bond donors (Lipinski definition) is 1. The molecule has 6 rings (SSSR count). The van der Waals surface area contributed by atoms with Gasteiger partial charge in [-0.15, -0.1) is 0 Å². The highest BCUT2D eigenvalue weighted by atomic mass is 16.5. The molecule has 0 bridgehead atoms. The minimum Gasteiger partial charge on any atom is -0.489 e. The van der Waals surface area contributed by atoms with Crippen LogP contribution in [0.2, 0.25) is 0 Å². The number of nitrogens with zero attached hydrogens (tertiary/aromatic N) is 1. The van der Waals surface area contributed by atoms with Crippen molar-refractivity contribution in [1.29, 1.82) is 0 Å².